The standard InChI is InChI=1S/C33H52N8O2/c1-3-22-15-17-23(18-16-22)20-41-27-29(35-21(2)24-12-9-13-24)37-31(28(34)36-33(42)43)38-30(27)39-32(41)40-19-8-7-14-26(40)25-10-5-4-6-11-25/h21-26H,3-20H2,1-2H3,(H2,34,36)(H,42,43)(H,35,37,38). The largest absolute Gasteiger partial charge is 0.463 e. The number of amidine groups is 1. The van der Waals surface area contributed by atoms with Gasteiger partial charge in [-0.05, 0) is 88.4 Å². The van der Waals surface area contributed by atoms with E-state index in [-0.39, 0.29) is 17.7 Å². The van der Waals surface area contributed by atoms with Crippen molar-refractivity contribution in [3.8, 4) is 0 Å². The van der Waals surface area contributed by atoms with E-state index in [1.807, 2.05) is 0 Å². The number of amides is 1. The Kier molecular flexibility index (Phi) is 9.38. The lowest BCUT2D eigenvalue weighted by Gasteiger charge is -2.43. The van der Waals surface area contributed by atoms with Gasteiger partial charge in [0.05, 0.1) is 0 Å². The molecule has 2 aromatic heterocycles. The predicted molar refractivity (Wildman–Crippen MR) is 172 cm³/mol. The second-order valence-electron chi connectivity index (χ2n) is 13.9. The van der Waals surface area contributed by atoms with Crippen LogP contribution in [0.2, 0.25) is 0 Å². The number of fused-ring (bicyclic) bond motifs is 1. The molecule has 0 spiro atoms. The van der Waals surface area contributed by atoms with E-state index in [0.717, 1.165) is 30.5 Å². The smallest absolute Gasteiger partial charge is 0.433 e. The molecule has 4 N–H and O–H groups in total. The van der Waals surface area contributed by atoms with E-state index in [9.17, 15) is 9.90 Å². The van der Waals surface area contributed by atoms with Gasteiger partial charge in [-0.25, -0.2) is 14.8 Å². The molecule has 2 atom stereocenters. The van der Waals surface area contributed by atoms with Crippen LogP contribution in [-0.2, 0) is 6.54 Å². The van der Waals surface area contributed by atoms with Gasteiger partial charge >= 0.3 is 6.09 Å². The highest BCUT2D eigenvalue weighted by Gasteiger charge is 2.36. The first kappa shape index (κ1) is 30.1. The Labute approximate surface area is 256 Å². The van der Waals surface area contributed by atoms with Crippen LogP contribution in [0.25, 0.3) is 11.2 Å². The zero-order valence-corrected chi connectivity index (χ0v) is 26.3. The van der Waals surface area contributed by atoms with E-state index in [1.54, 1.807) is 0 Å². The zero-order valence-electron chi connectivity index (χ0n) is 26.3. The van der Waals surface area contributed by atoms with Gasteiger partial charge in [0.15, 0.2) is 23.1 Å². The number of rotatable bonds is 9. The van der Waals surface area contributed by atoms with E-state index in [4.69, 9.17) is 20.7 Å². The van der Waals surface area contributed by atoms with Gasteiger partial charge in [-0.2, -0.15) is 9.98 Å². The molecule has 0 bridgehead atoms. The summed E-state index contributed by atoms with van der Waals surface area (Å²) in [7, 11) is 0. The van der Waals surface area contributed by atoms with Crippen LogP contribution in [0, 0.1) is 23.7 Å². The number of nitrogens with one attached hydrogen (secondary N) is 1. The Bertz CT molecular complexity index is 1290. The summed E-state index contributed by atoms with van der Waals surface area (Å²) >= 11 is 0. The third-order valence-electron chi connectivity index (χ3n) is 11.2. The van der Waals surface area contributed by atoms with Crippen LogP contribution in [0.3, 0.4) is 0 Å². The molecule has 2 unspecified atom stereocenters. The number of aromatic nitrogens is 4. The Balaban J connectivity index is 1.46. The lowest BCUT2D eigenvalue weighted by Crippen LogP contribution is -2.46. The molecule has 0 aromatic carbocycles. The topological polar surface area (TPSA) is 135 Å². The van der Waals surface area contributed by atoms with Crippen molar-refractivity contribution in [1.29, 1.82) is 0 Å². The van der Waals surface area contributed by atoms with Gasteiger partial charge in [0, 0.05) is 25.2 Å². The molecule has 3 aliphatic carbocycles. The normalized spacial score (nSPS) is 26.8. The monoisotopic (exact) mass is 592 g/mol. The molecule has 0 radical (unpaired) electrons. The highest BCUT2D eigenvalue weighted by atomic mass is 16.4. The summed E-state index contributed by atoms with van der Waals surface area (Å²) in [6.45, 7) is 6.47. The summed E-state index contributed by atoms with van der Waals surface area (Å²) in [5, 5.41) is 13.0. The molecule has 10 heteroatoms. The fourth-order valence-corrected chi connectivity index (χ4v) is 8.35. The first-order valence-corrected chi connectivity index (χ1v) is 17.3. The minimum atomic E-state index is -1.35. The average Bonchev–Trinajstić information content (AvgIpc) is 3.35. The number of nitrogens with two attached hydrogens (primary N) is 1. The molecular weight excluding hydrogens is 540 g/mol. The molecule has 1 amide bonds. The second-order valence-corrected chi connectivity index (χ2v) is 13.9. The van der Waals surface area contributed by atoms with E-state index in [0.29, 0.717) is 35.3 Å². The number of hydrogen-bond donors (Lipinski definition) is 3. The number of carbonyl (C=O) groups is 1. The van der Waals surface area contributed by atoms with Crippen LogP contribution in [0.1, 0.15) is 122 Å². The van der Waals surface area contributed by atoms with Crippen molar-refractivity contribution in [1.82, 2.24) is 19.5 Å². The van der Waals surface area contributed by atoms with Crippen molar-refractivity contribution in [2.45, 2.75) is 135 Å². The van der Waals surface area contributed by atoms with Crippen molar-refractivity contribution >= 4 is 34.9 Å². The Morgan fingerprint density at radius 1 is 0.953 bits per heavy atom. The Hall–Kier alpha value is -2.91. The van der Waals surface area contributed by atoms with Crippen molar-refractivity contribution in [3.05, 3.63) is 5.82 Å². The first-order chi connectivity index (χ1) is 20.9. The van der Waals surface area contributed by atoms with E-state index < -0.39 is 6.09 Å². The van der Waals surface area contributed by atoms with Gasteiger partial charge < -0.3 is 25.6 Å². The molecule has 10 nitrogen and oxygen atoms in total. The van der Waals surface area contributed by atoms with Crippen LogP contribution in [0.15, 0.2) is 4.99 Å². The highest BCUT2D eigenvalue weighted by Crippen LogP contribution is 2.40. The molecule has 6 rings (SSSR count). The van der Waals surface area contributed by atoms with Gasteiger partial charge in [-0.15, -0.1) is 0 Å². The van der Waals surface area contributed by atoms with Crippen LogP contribution in [-0.4, -0.2) is 55.2 Å². The number of anilines is 2. The summed E-state index contributed by atoms with van der Waals surface area (Å²) in [4.78, 5) is 32.5. The van der Waals surface area contributed by atoms with Crippen LogP contribution >= 0.6 is 0 Å². The summed E-state index contributed by atoms with van der Waals surface area (Å²) in [5.41, 5.74) is 7.65. The zero-order chi connectivity index (χ0) is 29.9. The first-order valence-electron chi connectivity index (χ1n) is 17.3. The summed E-state index contributed by atoms with van der Waals surface area (Å²) in [6, 6.07) is 0.728. The average molecular weight is 593 g/mol. The fraction of sp³-hybridized carbons (Fsp3) is 0.788. The molecule has 1 aliphatic heterocycles. The van der Waals surface area contributed by atoms with Crippen molar-refractivity contribution in [2.75, 3.05) is 16.8 Å². The molecule has 1 saturated heterocycles. The quantitative estimate of drug-likeness (QED) is 0.210. The molecule has 236 valence electrons. The van der Waals surface area contributed by atoms with E-state index in [1.165, 1.54) is 103 Å². The number of piperidine rings is 1. The molecule has 2 aromatic rings. The van der Waals surface area contributed by atoms with Gasteiger partial charge in [0.25, 0.3) is 0 Å². The molecule has 3 heterocycles. The van der Waals surface area contributed by atoms with E-state index >= 15 is 0 Å². The van der Waals surface area contributed by atoms with Crippen molar-refractivity contribution < 1.29 is 9.90 Å². The summed E-state index contributed by atoms with van der Waals surface area (Å²) in [6.07, 6.45) is 19.0. The highest BCUT2D eigenvalue weighted by molar-refractivity contribution is 6.01. The summed E-state index contributed by atoms with van der Waals surface area (Å²) in [5.74, 6) is 4.39. The Morgan fingerprint density at radius 3 is 2.35 bits per heavy atom. The van der Waals surface area contributed by atoms with Gasteiger partial charge in [0.2, 0.25) is 5.95 Å². The maximum Gasteiger partial charge on any atom is 0.433 e. The third kappa shape index (κ3) is 6.63. The Morgan fingerprint density at radius 2 is 1.67 bits per heavy atom. The van der Waals surface area contributed by atoms with Gasteiger partial charge in [0.1, 0.15) is 5.52 Å². The maximum atomic E-state index is 11.4. The van der Waals surface area contributed by atoms with Crippen LogP contribution < -0.4 is 16.0 Å². The number of aliphatic imine (C=N–C) groups is 1. The number of carboxylic acid groups (broad SMARTS) is 1. The molecule has 3 saturated carbocycles. The minimum absolute atomic E-state index is 0.125. The fourth-order valence-electron chi connectivity index (χ4n) is 8.35. The predicted octanol–water partition coefficient (Wildman–Crippen LogP) is 6.97. The lowest BCUT2D eigenvalue weighted by molar-refractivity contribution is 0.205. The van der Waals surface area contributed by atoms with Crippen molar-refractivity contribution in [2.24, 2.45) is 34.4 Å². The van der Waals surface area contributed by atoms with Crippen LogP contribution in [0.5, 0.6) is 0 Å². The lowest BCUT2D eigenvalue weighted by atomic mass is 9.80. The minimum Gasteiger partial charge on any atom is -0.463 e. The number of hydrogen-bond acceptors (Lipinski definition) is 6. The SMILES string of the molecule is CCC1CCC(Cn2c(N3CCCCC3C3CCCCC3)nc3nc(C(N)=NC(=O)O)nc(NC(C)C4CCC4)c32)CC1. The summed E-state index contributed by atoms with van der Waals surface area (Å²) < 4.78 is 2.44. The molecule has 4 aliphatic rings. The second kappa shape index (κ2) is 13.4. The molecule has 43 heavy (non-hydrogen) atoms. The maximum absolute atomic E-state index is 11.4. The van der Waals surface area contributed by atoms with Crippen molar-refractivity contribution in [3.63, 3.8) is 0 Å². The number of nitrogens with zero attached hydrogens (tertiary/aromatic N) is 6. The van der Waals surface area contributed by atoms with Gasteiger partial charge in [-0.3, -0.25) is 0 Å². The molecule has 4 fully saturated rings. The molecular formula is C33H52N8O2. The van der Waals surface area contributed by atoms with Gasteiger partial charge in [-0.1, -0.05) is 51.9 Å². The van der Waals surface area contributed by atoms with Crippen LogP contribution in [0.4, 0.5) is 16.6 Å². The van der Waals surface area contributed by atoms with E-state index in [2.05, 4.69) is 33.6 Å². The number of imidazole rings is 1. The third-order valence-corrected chi connectivity index (χ3v) is 11.2.